The van der Waals surface area contributed by atoms with Crippen LogP contribution < -0.4 is 4.74 Å². The Morgan fingerprint density at radius 3 is 2.64 bits per heavy atom. The Morgan fingerprint density at radius 2 is 1.92 bits per heavy atom. The molecular formula is C22H21NO2. The monoisotopic (exact) mass is 331 g/mol. The van der Waals surface area contributed by atoms with E-state index in [1.54, 1.807) is 14.0 Å². The number of Topliss-reactive ketones (excluding diaryl/α,β-unsaturated/α-hetero) is 1. The number of aromatic nitrogens is 1. The van der Waals surface area contributed by atoms with E-state index in [1.807, 2.05) is 30.3 Å². The summed E-state index contributed by atoms with van der Waals surface area (Å²) in [5.74, 6) is 0.854. The van der Waals surface area contributed by atoms with Crippen LogP contribution in [0.4, 0.5) is 0 Å². The van der Waals surface area contributed by atoms with Gasteiger partial charge in [0.1, 0.15) is 5.75 Å². The van der Waals surface area contributed by atoms with Gasteiger partial charge in [-0.05, 0) is 49.1 Å². The van der Waals surface area contributed by atoms with E-state index in [2.05, 4.69) is 28.8 Å². The highest BCUT2D eigenvalue weighted by molar-refractivity contribution is 6.14. The Morgan fingerprint density at radius 1 is 1.12 bits per heavy atom. The van der Waals surface area contributed by atoms with Gasteiger partial charge in [0.05, 0.1) is 29.3 Å². The van der Waals surface area contributed by atoms with Crippen LogP contribution in [0.15, 0.2) is 48.5 Å². The van der Waals surface area contributed by atoms with Crippen LogP contribution in [0.3, 0.4) is 0 Å². The first kappa shape index (κ1) is 15.7. The van der Waals surface area contributed by atoms with Crippen molar-refractivity contribution in [2.45, 2.75) is 26.3 Å². The van der Waals surface area contributed by atoms with Gasteiger partial charge in [-0.3, -0.25) is 4.79 Å². The van der Waals surface area contributed by atoms with E-state index in [9.17, 15) is 4.79 Å². The first-order chi connectivity index (χ1) is 12.2. The molecule has 0 fully saturated rings. The smallest absolute Gasteiger partial charge is 0.162 e. The number of carbonyl (C=O) groups is 1. The normalized spacial score (nSPS) is 15.4. The predicted molar refractivity (Wildman–Crippen MR) is 102 cm³/mol. The number of ketones is 1. The molecule has 3 aromatic rings. The third kappa shape index (κ3) is 2.56. The number of nitrogens with zero attached hydrogens (tertiary/aromatic N) is 1. The molecule has 1 aliphatic rings. The summed E-state index contributed by atoms with van der Waals surface area (Å²) >= 11 is 0. The molecule has 0 saturated heterocycles. The average Bonchev–Trinajstić information content (AvgIpc) is 2.98. The molecule has 0 aliphatic carbocycles. The molecule has 1 aromatic heterocycles. The maximum Gasteiger partial charge on any atom is 0.162 e. The highest BCUT2D eigenvalue weighted by atomic mass is 16.5. The van der Waals surface area contributed by atoms with Crippen molar-refractivity contribution in [3.05, 3.63) is 65.4 Å². The molecule has 0 saturated carbocycles. The number of ether oxygens (including phenoxy) is 1. The molecule has 2 aromatic carbocycles. The Bertz CT molecular complexity index is 980. The van der Waals surface area contributed by atoms with Gasteiger partial charge in [0.15, 0.2) is 5.78 Å². The number of fused-ring (bicyclic) bond motifs is 3. The summed E-state index contributed by atoms with van der Waals surface area (Å²) in [6.45, 7) is 2.58. The van der Waals surface area contributed by atoms with Gasteiger partial charge in [0.2, 0.25) is 0 Å². The van der Waals surface area contributed by atoms with Crippen molar-refractivity contribution in [2.24, 2.45) is 0 Å². The van der Waals surface area contributed by atoms with Crippen LogP contribution in [0.1, 0.15) is 41.4 Å². The maximum atomic E-state index is 12.6. The standard InChI is InChI=1S/C22H21NO2/c1-15(24)20-21-18(11-6-12-19(21)25-2)23-13-7-10-17(22(20)23)14-16-8-4-3-5-9-16/h3-6,8-9,11-12,14H,7,10,13H2,1-2H3/b17-14+. The van der Waals surface area contributed by atoms with Crippen LogP contribution >= 0.6 is 0 Å². The van der Waals surface area contributed by atoms with Crippen LogP contribution in [0.2, 0.25) is 0 Å². The fourth-order valence-corrected chi connectivity index (χ4v) is 3.89. The van der Waals surface area contributed by atoms with Crippen LogP contribution in [0.25, 0.3) is 22.6 Å². The van der Waals surface area contributed by atoms with Crippen molar-refractivity contribution in [3.8, 4) is 5.75 Å². The summed E-state index contributed by atoms with van der Waals surface area (Å²) in [5.41, 5.74) is 5.31. The van der Waals surface area contributed by atoms with E-state index in [0.29, 0.717) is 0 Å². The van der Waals surface area contributed by atoms with Crippen LogP contribution in [0, 0.1) is 0 Å². The van der Waals surface area contributed by atoms with E-state index in [-0.39, 0.29) is 5.78 Å². The van der Waals surface area contributed by atoms with Crippen LogP contribution in [-0.4, -0.2) is 17.5 Å². The molecule has 4 rings (SSSR count). The molecule has 0 radical (unpaired) electrons. The number of hydrogen-bond acceptors (Lipinski definition) is 2. The van der Waals surface area contributed by atoms with Crippen molar-refractivity contribution in [1.82, 2.24) is 4.57 Å². The Labute approximate surface area is 147 Å². The van der Waals surface area contributed by atoms with E-state index in [4.69, 9.17) is 4.74 Å². The lowest BCUT2D eigenvalue weighted by molar-refractivity contribution is 0.101. The van der Waals surface area contributed by atoms with Gasteiger partial charge in [-0.1, -0.05) is 36.4 Å². The summed E-state index contributed by atoms with van der Waals surface area (Å²) in [6.07, 6.45) is 4.26. The zero-order chi connectivity index (χ0) is 17.4. The second-order valence-electron chi connectivity index (χ2n) is 6.47. The third-order valence-electron chi connectivity index (χ3n) is 4.90. The van der Waals surface area contributed by atoms with Crippen molar-refractivity contribution in [1.29, 1.82) is 0 Å². The molecule has 3 nitrogen and oxygen atoms in total. The van der Waals surface area contributed by atoms with Gasteiger partial charge in [-0.25, -0.2) is 0 Å². The van der Waals surface area contributed by atoms with Gasteiger partial charge in [-0.2, -0.15) is 0 Å². The molecule has 2 heterocycles. The minimum Gasteiger partial charge on any atom is -0.496 e. The molecule has 3 heteroatoms. The molecule has 0 N–H and O–H groups in total. The first-order valence-corrected chi connectivity index (χ1v) is 8.67. The molecule has 0 bridgehead atoms. The number of methoxy groups -OCH3 is 1. The zero-order valence-electron chi connectivity index (χ0n) is 14.6. The highest BCUT2D eigenvalue weighted by Gasteiger charge is 2.27. The van der Waals surface area contributed by atoms with E-state index in [1.165, 1.54) is 5.57 Å². The molecule has 126 valence electrons. The molecule has 0 spiro atoms. The Balaban J connectivity index is 2.04. The zero-order valence-corrected chi connectivity index (χ0v) is 14.6. The lowest BCUT2D eigenvalue weighted by Gasteiger charge is -2.20. The molecule has 0 amide bonds. The lowest BCUT2D eigenvalue weighted by Crippen LogP contribution is -2.11. The molecule has 1 aliphatic heterocycles. The second-order valence-corrected chi connectivity index (χ2v) is 6.47. The molecule has 25 heavy (non-hydrogen) atoms. The fourth-order valence-electron chi connectivity index (χ4n) is 3.89. The topological polar surface area (TPSA) is 31.2 Å². The number of allylic oxidation sites excluding steroid dienone is 1. The SMILES string of the molecule is COc1cccc2c1c(C(C)=O)c1n2CCC/C1=C\c1ccccc1. The third-order valence-corrected chi connectivity index (χ3v) is 4.90. The summed E-state index contributed by atoms with van der Waals surface area (Å²) in [5, 5.41) is 0.938. The van der Waals surface area contributed by atoms with Crippen molar-refractivity contribution in [2.75, 3.05) is 7.11 Å². The lowest BCUT2D eigenvalue weighted by atomic mass is 9.95. The second kappa shape index (κ2) is 6.25. The number of aryl methyl sites for hydroxylation is 1. The quantitative estimate of drug-likeness (QED) is 0.619. The Kier molecular flexibility index (Phi) is 3.92. The van der Waals surface area contributed by atoms with Gasteiger partial charge in [-0.15, -0.1) is 0 Å². The van der Waals surface area contributed by atoms with Gasteiger partial charge < -0.3 is 9.30 Å². The van der Waals surface area contributed by atoms with Gasteiger partial charge in [0, 0.05) is 6.54 Å². The number of rotatable bonds is 3. The number of benzene rings is 2. The molecule has 0 unspecified atom stereocenters. The number of hydrogen-bond donors (Lipinski definition) is 0. The van der Waals surface area contributed by atoms with Crippen molar-refractivity contribution < 1.29 is 9.53 Å². The minimum atomic E-state index is 0.0871. The van der Waals surface area contributed by atoms with E-state index >= 15 is 0 Å². The van der Waals surface area contributed by atoms with E-state index in [0.717, 1.165) is 52.9 Å². The summed E-state index contributed by atoms with van der Waals surface area (Å²) in [4.78, 5) is 12.6. The highest BCUT2D eigenvalue weighted by Crippen LogP contribution is 2.41. The van der Waals surface area contributed by atoms with Crippen LogP contribution in [0.5, 0.6) is 5.75 Å². The molecule has 0 atom stereocenters. The van der Waals surface area contributed by atoms with E-state index < -0.39 is 0 Å². The predicted octanol–water partition coefficient (Wildman–Crippen LogP) is 5.19. The van der Waals surface area contributed by atoms with Crippen LogP contribution in [-0.2, 0) is 6.54 Å². The van der Waals surface area contributed by atoms with Crippen molar-refractivity contribution in [3.63, 3.8) is 0 Å². The fraction of sp³-hybridized carbons (Fsp3) is 0.227. The minimum absolute atomic E-state index is 0.0871. The average molecular weight is 331 g/mol. The van der Waals surface area contributed by atoms with Gasteiger partial charge in [0.25, 0.3) is 0 Å². The molecular weight excluding hydrogens is 310 g/mol. The first-order valence-electron chi connectivity index (χ1n) is 8.67. The van der Waals surface area contributed by atoms with Crippen molar-refractivity contribution >= 4 is 28.3 Å². The maximum absolute atomic E-state index is 12.6. The summed E-state index contributed by atoms with van der Waals surface area (Å²) in [6, 6.07) is 16.3. The van der Waals surface area contributed by atoms with Gasteiger partial charge >= 0.3 is 0 Å². The largest absolute Gasteiger partial charge is 0.496 e. The summed E-state index contributed by atoms with van der Waals surface area (Å²) in [7, 11) is 1.66. The Hall–Kier alpha value is -2.81. The number of carbonyl (C=O) groups excluding carboxylic acids is 1. The summed E-state index contributed by atoms with van der Waals surface area (Å²) < 4.78 is 7.85.